The van der Waals surface area contributed by atoms with E-state index in [4.69, 9.17) is 4.74 Å². The second kappa shape index (κ2) is 5.36. The van der Waals surface area contributed by atoms with Crippen LogP contribution in [0.5, 0.6) is 5.75 Å². The predicted octanol–water partition coefficient (Wildman–Crippen LogP) is 2.22. The van der Waals surface area contributed by atoms with E-state index in [0.717, 1.165) is 22.0 Å². The molecule has 1 aromatic heterocycles. The van der Waals surface area contributed by atoms with E-state index >= 15 is 0 Å². The van der Waals surface area contributed by atoms with Gasteiger partial charge in [-0.25, -0.2) is 8.42 Å². The maximum Gasteiger partial charge on any atom is 0.264 e. The first kappa shape index (κ1) is 16.4. The van der Waals surface area contributed by atoms with E-state index in [1.54, 1.807) is 41.2 Å². The van der Waals surface area contributed by atoms with Crippen LogP contribution in [-0.2, 0) is 29.9 Å². The van der Waals surface area contributed by atoms with E-state index in [-0.39, 0.29) is 11.6 Å². The van der Waals surface area contributed by atoms with Crippen LogP contribution in [0.15, 0.2) is 52.2 Å². The second-order valence-electron chi connectivity index (χ2n) is 7.06. The fourth-order valence-corrected chi connectivity index (χ4v) is 6.27. The quantitative estimate of drug-likeness (QED) is 0.647. The van der Waals surface area contributed by atoms with Crippen LogP contribution in [0.1, 0.15) is 11.1 Å². The molecule has 3 aromatic rings. The molecule has 7 heteroatoms. The SMILES string of the molecule is COc1ccc2c(c1)CC1Cc3c(ccc4c3ccc(=O)n4C)N1S2(=O)=O. The van der Waals surface area contributed by atoms with Gasteiger partial charge in [0.15, 0.2) is 0 Å². The molecule has 0 bridgehead atoms. The Bertz CT molecular complexity index is 1280. The van der Waals surface area contributed by atoms with Crippen molar-refractivity contribution in [2.75, 3.05) is 11.4 Å². The number of ether oxygens (including phenoxy) is 1. The molecule has 27 heavy (non-hydrogen) atoms. The van der Waals surface area contributed by atoms with Gasteiger partial charge in [-0.3, -0.25) is 9.10 Å². The van der Waals surface area contributed by atoms with Gasteiger partial charge < -0.3 is 9.30 Å². The second-order valence-corrected chi connectivity index (χ2v) is 8.85. The standard InChI is InChI=1S/C20H18N2O4S/c1-21-17-5-6-18-16(15(17)4-8-20(21)23)11-13-9-12-10-14(26-2)3-7-19(12)27(24,25)22(13)18/h3-8,10,13H,9,11H2,1-2H3. The van der Waals surface area contributed by atoms with Crippen LogP contribution in [-0.4, -0.2) is 26.1 Å². The van der Waals surface area contributed by atoms with E-state index in [2.05, 4.69) is 0 Å². The van der Waals surface area contributed by atoms with Crippen LogP contribution in [0.3, 0.4) is 0 Å². The first-order chi connectivity index (χ1) is 12.9. The number of pyridine rings is 1. The van der Waals surface area contributed by atoms with E-state index in [1.165, 1.54) is 6.07 Å². The molecule has 0 saturated carbocycles. The van der Waals surface area contributed by atoms with Crippen molar-refractivity contribution in [1.29, 1.82) is 0 Å². The van der Waals surface area contributed by atoms with Gasteiger partial charge in [-0.15, -0.1) is 0 Å². The number of aromatic nitrogens is 1. The molecule has 6 nitrogen and oxygen atoms in total. The lowest BCUT2D eigenvalue weighted by molar-refractivity contribution is 0.413. The average Bonchev–Trinajstić information content (AvgIpc) is 3.03. The fourth-order valence-electron chi connectivity index (χ4n) is 4.38. The van der Waals surface area contributed by atoms with Gasteiger partial charge in [0.25, 0.3) is 15.6 Å². The minimum atomic E-state index is -3.64. The van der Waals surface area contributed by atoms with Crippen LogP contribution >= 0.6 is 0 Å². The number of fused-ring (bicyclic) bond motifs is 6. The summed E-state index contributed by atoms with van der Waals surface area (Å²) in [7, 11) is -0.325. The van der Waals surface area contributed by atoms with Gasteiger partial charge in [-0.2, -0.15) is 0 Å². The molecule has 1 atom stereocenters. The van der Waals surface area contributed by atoms with Crippen molar-refractivity contribution in [3.63, 3.8) is 0 Å². The third-order valence-electron chi connectivity index (χ3n) is 5.66. The molecule has 0 saturated heterocycles. The van der Waals surface area contributed by atoms with Crippen molar-refractivity contribution < 1.29 is 13.2 Å². The maximum atomic E-state index is 13.3. The number of methoxy groups -OCH3 is 1. The Morgan fingerprint density at radius 3 is 2.67 bits per heavy atom. The number of benzene rings is 2. The number of aryl methyl sites for hydroxylation is 1. The summed E-state index contributed by atoms with van der Waals surface area (Å²) in [5.74, 6) is 0.661. The first-order valence-electron chi connectivity index (χ1n) is 8.75. The number of rotatable bonds is 1. The topological polar surface area (TPSA) is 68.6 Å². The van der Waals surface area contributed by atoms with Gasteiger partial charge in [0.1, 0.15) is 5.75 Å². The normalized spacial score (nSPS) is 19.5. The molecule has 3 heterocycles. The summed E-state index contributed by atoms with van der Waals surface area (Å²) in [6.07, 6.45) is 1.26. The lowest BCUT2D eigenvalue weighted by Crippen LogP contribution is -2.43. The third-order valence-corrected chi connectivity index (χ3v) is 7.63. The molecule has 0 N–H and O–H groups in total. The number of nitrogens with zero attached hydrogens (tertiary/aromatic N) is 2. The zero-order valence-corrected chi connectivity index (χ0v) is 15.8. The Balaban J connectivity index is 1.73. The highest BCUT2D eigenvalue weighted by Crippen LogP contribution is 2.45. The lowest BCUT2D eigenvalue weighted by Gasteiger charge is -2.33. The Morgan fingerprint density at radius 2 is 1.89 bits per heavy atom. The number of sulfonamides is 1. The summed E-state index contributed by atoms with van der Waals surface area (Å²) in [5.41, 5.74) is 3.23. The molecule has 0 aliphatic carbocycles. The highest BCUT2D eigenvalue weighted by molar-refractivity contribution is 7.93. The van der Waals surface area contributed by atoms with Gasteiger partial charge >= 0.3 is 0 Å². The zero-order chi connectivity index (χ0) is 18.9. The maximum absolute atomic E-state index is 13.3. The molecule has 0 amide bonds. The highest BCUT2D eigenvalue weighted by atomic mass is 32.2. The molecule has 2 aliphatic heterocycles. The van der Waals surface area contributed by atoms with E-state index in [0.29, 0.717) is 29.2 Å². The van der Waals surface area contributed by atoms with Gasteiger partial charge in [0.05, 0.1) is 29.3 Å². The number of hydrogen-bond acceptors (Lipinski definition) is 4. The van der Waals surface area contributed by atoms with E-state index < -0.39 is 10.0 Å². The van der Waals surface area contributed by atoms with Crippen molar-refractivity contribution in [2.45, 2.75) is 23.8 Å². The summed E-state index contributed by atoms with van der Waals surface area (Å²) in [6, 6.07) is 12.0. The average molecular weight is 382 g/mol. The molecule has 0 spiro atoms. The predicted molar refractivity (Wildman–Crippen MR) is 103 cm³/mol. The molecule has 2 aliphatic rings. The Labute approximate surface area is 156 Å². The van der Waals surface area contributed by atoms with E-state index in [1.807, 2.05) is 18.2 Å². The monoisotopic (exact) mass is 382 g/mol. The molecule has 0 radical (unpaired) electrons. The summed E-state index contributed by atoms with van der Waals surface area (Å²) in [4.78, 5) is 12.3. The van der Waals surface area contributed by atoms with Crippen molar-refractivity contribution in [2.24, 2.45) is 7.05 Å². The van der Waals surface area contributed by atoms with Crippen molar-refractivity contribution in [3.8, 4) is 5.75 Å². The Morgan fingerprint density at radius 1 is 1.07 bits per heavy atom. The van der Waals surface area contributed by atoms with Crippen LogP contribution in [0.25, 0.3) is 10.9 Å². The zero-order valence-electron chi connectivity index (χ0n) is 15.0. The molecular weight excluding hydrogens is 364 g/mol. The minimum Gasteiger partial charge on any atom is -0.497 e. The Kier molecular flexibility index (Phi) is 3.25. The third kappa shape index (κ3) is 2.12. The summed E-state index contributed by atoms with van der Waals surface area (Å²) >= 11 is 0. The smallest absolute Gasteiger partial charge is 0.264 e. The molecule has 2 aromatic carbocycles. The number of hydrogen-bond donors (Lipinski definition) is 0. The summed E-state index contributed by atoms with van der Waals surface area (Å²) in [5, 5.41) is 0.931. The molecule has 138 valence electrons. The largest absolute Gasteiger partial charge is 0.497 e. The van der Waals surface area contributed by atoms with Gasteiger partial charge in [-0.05, 0) is 60.4 Å². The fraction of sp³-hybridized carbons (Fsp3) is 0.250. The van der Waals surface area contributed by atoms with Crippen LogP contribution in [0.2, 0.25) is 0 Å². The Hall–Kier alpha value is -2.80. The summed E-state index contributed by atoms with van der Waals surface area (Å²) < 4.78 is 35.1. The first-order valence-corrected chi connectivity index (χ1v) is 10.2. The molecule has 1 unspecified atom stereocenters. The van der Waals surface area contributed by atoms with Crippen molar-refractivity contribution >= 4 is 26.6 Å². The van der Waals surface area contributed by atoms with Crippen LogP contribution in [0, 0.1) is 0 Å². The van der Waals surface area contributed by atoms with Crippen molar-refractivity contribution in [3.05, 3.63) is 63.9 Å². The summed E-state index contributed by atoms with van der Waals surface area (Å²) in [6.45, 7) is 0. The van der Waals surface area contributed by atoms with Gasteiger partial charge in [-0.1, -0.05) is 0 Å². The molecule has 5 rings (SSSR count). The van der Waals surface area contributed by atoms with Crippen molar-refractivity contribution in [1.82, 2.24) is 4.57 Å². The lowest BCUT2D eigenvalue weighted by atomic mass is 9.99. The van der Waals surface area contributed by atoms with Crippen LogP contribution in [0.4, 0.5) is 5.69 Å². The van der Waals surface area contributed by atoms with Gasteiger partial charge in [0.2, 0.25) is 0 Å². The minimum absolute atomic E-state index is 0.0784. The molecular formula is C20H18N2O4S. The highest BCUT2D eigenvalue weighted by Gasteiger charge is 2.44. The molecule has 0 fully saturated rings. The van der Waals surface area contributed by atoms with Gasteiger partial charge in [0, 0.05) is 18.5 Å². The van der Waals surface area contributed by atoms with Crippen LogP contribution < -0.4 is 14.6 Å². The van der Waals surface area contributed by atoms with E-state index in [9.17, 15) is 13.2 Å². The number of anilines is 1.